The lowest BCUT2D eigenvalue weighted by atomic mass is 9.58. The third-order valence-electron chi connectivity index (χ3n) is 10.6. The molecule has 12 heteroatoms. The summed E-state index contributed by atoms with van der Waals surface area (Å²) in [6.07, 6.45) is 1.73. The van der Waals surface area contributed by atoms with Gasteiger partial charge in [-0.1, -0.05) is 87.0 Å². The Morgan fingerprint density at radius 3 is 2.22 bits per heavy atom. The zero-order chi connectivity index (χ0) is 36.5. The van der Waals surface area contributed by atoms with Gasteiger partial charge in [-0.15, -0.1) is 0 Å². The number of fused-ring (bicyclic) bond motifs is 3. The van der Waals surface area contributed by atoms with Gasteiger partial charge in [0.15, 0.2) is 0 Å². The molecule has 2 aromatic carbocycles. The Morgan fingerprint density at radius 2 is 1.65 bits per heavy atom. The van der Waals surface area contributed by atoms with Crippen molar-refractivity contribution >= 4 is 49.8 Å². The van der Waals surface area contributed by atoms with Crippen LogP contribution in [0, 0.1) is 17.8 Å². The lowest BCUT2D eigenvalue weighted by Crippen LogP contribution is -2.66. The fourth-order valence-corrected chi connectivity index (χ4v) is 12.9. The van der Waals surface area contributed by atoms with Crippen molar-refractivity contribution in [2.24, 2.45) is 17.8 Å². The number of benzene rings is 2. The highest BCUT2D eigenvalue weighted by Crippen LogP contribution is 2.51. The van der Waals surface area contributed by atoms with Crippen molar-refractivity contribution in [2.45, 2.75) is 71.0 Å². The first-order valence-electron chi connectivity index (χ1n) is 17.5. The fourth-order valence-electron chi connectivity index (χ4n) is 8.36. The summed E-state index contributed by atoms with van der Waals surface area (Å²) in [7, 11) is -3.03. The van der Waals surface area contributed by atoms with E-state index in [2.05, 4.69) is 45.0 Å². The second kappa shape index (κ2) is 14.9. The van der Waals surface area contributed by atoms with Crippen LogP contribution in [0.15, 0.2) is 93.9 Å². The van der Waals surface area contributed by atoms with Crippen molar-refractivity contribution in [3.63, 3.8) is 0 Å². The molecule has 0 radical (unpaired) electrons. The highest BCUT2D eigenvalue weighted by Gasteiger charge is 2.59. The van der Waals surface area contributed by atoms with Crippen LogP contribution in [-0.4, -0.2) is 68.2 Å². The number of methoxy groups -OCH3 is 1. The Bertz CT molecular complexity index is 1780. The van der Waals surface area contributed by atoms with Crippen LogP contribution < -0.4 is 10.4 Å². The maximum atomic E-state index is 13.8. The molecule has 268 valence electrons. The van der Waals surface area contributed by atoms with Crippen LogP contribution in [0.5, 0.6) is 0 Å². The second-order valence-corrected chi connectivity index (χ2v) is 19.0. The SMILES string of the molecule is COC(=O)N1C(=O)[C@@H]2[C@@H](CC(CO[Si](c3ccccc3)(c3ccccc3)C(C)(C)C)=C3[C@@H](CC/C(C)=C/c4ccc(CO)o4)OB(O)C[C@@H]32)C1=O. The number of amides is 3. The summed E-state index contributed by atoms with van der Waals surface area (Å²) in [5, 5.41) is 22.4. The first kappa shape index (κ1) is 36.7. The molecule has 10 nitrogen and oxygen atoms in total. The molecule has 2 fully saturated rings. The van der Waals surface area contributed by atoms with Gasteiger partial charge in [-0.2, -0.15) is 4.90 Å². The summed E-state index contributed by atoms with van der Waals surface area (Å²) < 4.78 is 24.1. The maximum absolute atomic E-state index is 13.8. The van der Waals surface area contributed by atoms with Crippen LogP contribution in [0.4, 0.5) is 4.79 Å². The molecule has 0 bridgehead atoms. The van der Waals surface area contributed by atoms with Crippen LogP contribution in [-0.2, 0) is 30.0 Å². The average molecular weight is 712 g/mol. The van der Waals surface area contributed by atoms with Crippen molar-refractivity contribution in [1.82, 2.24) is 4.90 Å². The van der Waals surface area contributed by atoms with Crippen molar-refractivity contribution in [1.29, 1.82) is 0 Å². The quantitative estimate of drug-likeness (QED) is 0.167. The summed E-state index contributed by atoms with van der Waals surface area (Å²) in [6, 6.07) is 24.1. The Hall–Kier alpha value is -4.07. The largest absolute Gasteiger partial charge is 0.459 e. The van der Waals surface area contributed by atoms with Crippen LogP contribution in [0.3, 0.4) is 0 Å². The molecule has 0 unspecified atom stereocenters. The van der Waals surface area contributed by atoms with E-state index in [0.29, 0.717) is 29.3 Å². The van der Waals surface area contributed by atoms with E-state index in [4.69, 9.17) is 18.2 Å². The van der Waals surface area contributed by atoms with E-state index in [1.807, 2.05) is 49.4 Å². The van der Waals surface area contributed by atoms with Crippen molar-refractivity contribution in [3.05, 3.63) is 101 Å². The molecule has 4 atom stereocenters. The molecule has 1 aromatic heterocycles. The highest BCUT2D eigenvalue weighted by atomic mass is 28.4. The lowest BCUT2D eigenvalue weighted by molar-refractivity contribution is -0.137. The van der Waals surface area contributed by atoms with E-state index in [0.717, 1.165) is 34.2 Å². The Kier molecular flexibility index (Phi) is 10.7. The number of hydrogen-bond donors (Lipinski definition) is 2. The van der Waals surface area contributed by atoms with Crippen LogP contribution in [0.1, 0.15) is 58.5 Å². The molecule has 2 aliphatic heterocycles. The summed E-state index contributed by atoms with van der Waals surface area (Å²) in [6.45, 7) is 8.57. The first-order chi connectivity index (χ1) is 24.4. The molecule has 51 heavy (non-hydrogen) atoms. The number of likely N-dealkylation sites (tertiary alicyclic amines) is 1. The number of carbonyl (C=O) groups excluding carboxylic acids is 3. The number of carbonyl (C=O) groups is 3. The van der Waals surface area contributed by atoms with E-state index >= 15 is 0 Å². The van der Waals surface area contributed by atoms with Gasteiger partial charge in [0.05, 0.1) is 31.7 Å². The molecule has 2 saturated heterocycles. The number of hydrogen-bond acceptors (Lipinski definition) is 9. The summed E-state index contributed by atoms with van der Waals surface area (Å²) in [4.78, 5) is 40.9. The predicted octanol–water partition coefficient (Wildman–Crippen LogP) is 5.10. The zero-order valence-corrected chi connectivity index (χ0v) is 30.8. The van der Waals surface area contributed by atoms with E-state index in [1.165, 1.54) is 0 Å². The van der Waals surface area contributed by atoms with Gasteiger partial charge < -0.3 is 28.4 Å². The third-order valence-corrected chi connectivity index (χ3v) is 15.6. The minimum absolute atomic E-state index is 0.106. The average Bonchev–Trinajstić information content (AvgIpc) is 3.67. The Balaban J connectivity index is 1.42. The van der Waals surface area contributed by atoms with E-state index < -0.39 is 57.2 Å². The topological polar surface area (TPSA) is 136 Å². The van der Waals surface area contributed by atoms with E-state index in [9.17, 15) is 24.5 Å². The van der Waals surface area contributed by atoms with Crippen molar-refractivity contribution < 1.29 is 42.7 Å². The third kappa shape index (κ3) is 6.95. The Labute approximate surface area is 300 Å². The molecule has 3 aliphatic rings. The number of furan rings is 1. The number of nitrogens with zero attached hydrogens (tertiary/aromatic N) is 1. The molecule has 1 aliphatic carbocycles. The first-order valence-corrected chi connectivity index (χ1v) is 19.4. The standard InChI is InChI=1S/C39H46BNO9Si/c1-25(20-27-17-18-28(23-42)49-27)16-19-33-34-26(21-31-35(32(34)22-40(46)50-33)37(44)41(36(31)43)38(45)47-5)24-48-51(39(2,3)4,29-12-8-6-9-13-29)30-14-10-7-11-15-30/h6-15,17-18,20,31-33,35,42,46H,16,19,21-24H2,1-5H3/b25-20+/t31-,32+,33-,35-/m1/s1. The predicted molar refractivity (Wildman–Crippen MR) is 195 cm³/mol. The van der Waals surface area contributed by atoms with Crippen LogP contribution >= 0.6 is 0 Å². The van der Waals surface area contributed by atoms with Crippen LogP contribution in [0.25, 0.3) is 6.08 Å². The number of aliphatic hydroxyl groups excluding tert-OH is 1. The van der Waals surface area contributed by atoms with Crippen LogP contribution in [0.2, 0.25) is 11.4 Å². The van der Waals surface area contributed by atoms with E-state index in [1.54, 1.807) is 12.1 Å². The molecule has 2 N–H and O–H groups in total. The van der Waals surface area contributed by atoms with Gasteiger partial charge in [-0.05, 0) is 83.2 Å². The zero-order valence-electron chi connectivity index (χ0n) is 29.8. The smallest absolute Gasteiger partial charge is 0.455 e. The van der Waals surface area contributed by atoms with Gasteiger partial charge in [0.25, 0.3) is 8.32 Å². The minimum atomic E-state index is -3.01. The fraction of sp³-hybridized carbons (Fsp3) is 0.410. The summed E-state index contributed by atoms with van der Waals surface area (Å²) >= 11 is 0. The minimum Gasteiger partial charge on any atom is -0.459 e. The number of ether oxygens (including phenoxy) is 1. The van der Waals surface area contributed by atoms with Crippen molar-refractivity contribution in [2.75, 3.05) is 13.7 Å². The number of allylic oxidation sites excluding steroid dienone is 1. The lowest BCUT2D eigenvalue weighted by Gasteiger charge is -2.46. The van der Waals surface area contributed by atoms with Gasteiger partial charge in [-0.25, -0.2) is 4.79 Å². The van der Waals surface area contributed by atoms with Gasteiger partial charge in [0.1, 0.15) is 18.1 Å². The highest BCUT2D eigenvalue weighted by molar-refractivity contribution is 6.99. The van der Waals surface area contributed by atoms with Gasteiger partial charge in [0, 0.05) is 0 Å². The number of aliphatic hydroxyl groups is 1. The van der Waals surface area contributed by atoms with Gasteiger partial charge in [-0.3, -0.25) is 9.59 Å². The molecule has 6 rings (SSSR count). The molecule has 0 spiro atoms. The Morgan fingerprint density at radius 1 is 1.00 bits per heavy atom. The second-order valence-electron chi connectivity index (χ2n) is 14.7. The monoisotopic (exact) mass is 711 g/mol. The number of imide groups is 3. The maximum Gasteiger partial charge on any atom is 0.455 e. The normalized spacial score (nSPS) is 22.7. The summed E-state index contributed by atoms with van der Waals surface area (Å²) in [5.41, 5.74) is 2.72. The summed E-state index contributed by atoms with van der Waals surface area (Å²) in [5.74, 6) is -2.27. The van der Waals surface area contributed by atoms with Crippen molar-refractivity contribution in [3.8, 4) is 0 Å². The number of rotatable bonds is 10. The molecule has 3 aromatic rings. The molecule has 0 saturated carbocycles. The van der Waals surface area contributed by atoms with Gasteiger partial charge in [0.2, 0.25) is 11.8 Å². The van der Waals surface area contributed by atoms with E-state index in [-0.39, 0.29) is 31.0 Å². The molecular weight excluding hydrogens is 665 g/mol. The van der Waals surface area contributed by atoms with Gasteiger partial charge >= 0.3 is 13.2 Å². The molecule has 3 heterocycles. The molecule has 3 amide bonds. The molecular formula is C39H46BNO9Si.